The molecule has 20 heavy (non-hydrogen) atoms. The molecule has 2 rings (SSSR count). The molecule has 1 aromatic rings. The number of rotatable bonds is 5. The maximum Gasteiger partial charge on any atom is 0.256 e. The third-order valence-electron chi connectivity index (χ3n) is 3.46. The van der Waals surface area contributed by atoms with Crippen molar-refractivity contribution in [2.75, 3.05) is 18.5 Å². The van der Waals surface area contributed by atoms with Gasteiger partial charge in [-0.2, -0.15) is 0 Å². The first-order valence-electron chi connectivity index (χ1n) is 6.86. The molecule has 1 fully saturated rings. The Bertz CT molecular complexity index is 484. The van der Waals surface area contributed by atoms with Crippen LogP contribution in [0.2, 0.25) is 0 Å². The van der Waals surface area contributed by atoms with Crippen molar-refractivity contribution in [3.8, 4) is 5.75 Å². The Balaban J connectivity index is 2.11. The van der Waals surface area contributed by atoms with Gasteiger partial charge < -0.3 is 14.8 Å². The predicted molar refractivity (Wildman–Crippen MR) is 82.5 cm³/mol. The highest BCUT2D eigenvalue weighted by atomic mass is 79.9. The third-order valence-corrected chi connectivity index (χ3v) is 4.07. The molecule has 1 atom stereocenters. The summed E-state index contributed by atoms with van der Waals surface area (Å²) in [7, 11) is 0. The van der Waals surface area contributed by atoms with Gasteiger partial charge in [0, 0.05) is 23.2 Å². The Kier molecular flexibility index (Phi) is 5.05. The van der Waals surface area contributed by atoms with Gasteiger partial charge in [0.15, 0.2) is 0 Å². The molecule has 1 heterocycles. The second kappa shape index (κ2) is 6.59. The fourth-order valence-corrected chi connectivity index (χ4v) is 2.72. The van der Waals surface area contributed by atoms with Crippen LogP contribution < -0.4 is 10.1 Å². The molecule has 0 aromatic heterocycles. The van der Waals surface area contributed by atoms with Gasteiger partial charge in [-0.1, -0.05) is 15.9 Å². The standard InChI is InChI=1S/C15H20BrNO3/c1-3-19-13-6-5-12(9-11(13)10-16)17-14(18)15(2)7-4-8-20-15/h5-6,9H,3-4,7-8,10H2,1-2H3,(H,17,18). The van der Waals surface area contributed by atoms with Crippen LogP contribution in [-0.4, -0.2) is 24.7 Å². The summed E-state index contributed by atoms with van der Waals surface area (Å²) in [6.07, 6.45) is 1.70. The van der Waals surface area contributed by atoms with Gasteiger partial charge in [0.25, 0.3) is 5.91 Å². The Morgan fingerprint density at radius 3 is 2.95 bits per heavy atom. The molecule has 110 valence electrons. The molecule has 0 bridgehead atoms. The zero-order valence-corrected chi connectivity index (χ0v) is 13.5. The van der Waals surface area contributed by atoms with Crippen LogP contribution in [0.15, 0.2) is 18.2 Å². The van der Waals surface area contributed by atoms with Crippen LogP contribution in [0.25, 0.3) is 0 Å². The summed E-state index contributed by atoms with van der Waals surface area (Å²) in [5.74, 6) is 0.755. The Morgan fingerprint density at radius 1 is 1.55 bits per heavy atom. The smallest absolute Gasteiger partial charge is 0.256 e. The number of hydrogen-bond acceptors (Lipinski definition) is 3. The first kappa shape index (κ1) is 15.3. The van der Waals surface area contributed by atoms with Gasteiger partial charge in [0.2, 0.25) is 0 Å². The van der Waals surface area contributed by atoms with Crippen molar-refractivity contribution in [3.05, 3.63) is 23.8 Å². The van der Waals surface area contributed by atoms with Gasteiger partial charge >= 0.3 is 0 Å². The minimum absolute atomic E-state index is 0.0836. The molecule has 1 N–H and O–H groups in total. The van der Waals surface area contributed by atoms with E-state index in [4.69, 9.17) is 9.47 Å². The Labute approximate surface area is 128 Å². The topological polar surface area (TPSA) is 47.6 Å². The van der Waals surface area contributed by atoms with Crippen LogP contribution in [0, 0.1) is 0 Å². The molecule has 0 spiro atoms. The number of carbonyl (C=O) groups excluding carboxylic acids is 1. The second-order valence-corrected chi connectivity index (χ2v) is 5.59. The summed E-state index contributed by atoms with van der Waals surface area (Å²) in [6.45, 7) is 5.07. The van der Waals surface area contributed by atoms with Gasteiger partial charge in [0.1, 0.15) is 11.4 Å². The summed E-state index contributed by atoms with van der Waals surface area (Å²) >= 11 is 3.44. The molecule has 0 saturated carbocycles. The first-order chi connectivity index (χ1) is 9.59. The van der Waals surface area contributed by atoms with E-state index in [1.54, 1.807) is 0 Å². The summed E-state index contributed by atoms with van der Waals surface area (Å²) in [5.41, 5.74) is 1.08. The average molecular weight is 342 g/mol. The van der Waals surface area contributed by atoms with Crippen molar-refractivity contribution in [3.63, 3.8) is 0 Å². The van der Waals surface area contributed by atoms with Crippen LogP contribution in [0.1, 0.15) is 32.3 Å². The SMILES string of the molecule is CCOc1ccc(NC(=O)C2(C)CCCO2)cc1CBr. The van der Waals surface area contributed by atoms with Crippen LogP contribution >= 0.6 is 15.9 Å². The minimum atomic E-state index is -0.701. The second-order valence-electron chi connectivity index (χ2n) is 5.03. The Hall–Kier alpha value is -1.07. The van der Waals surface area contributed by atoms with E-state index >= 15 is 0 Å². The van der Waals surface area contributed by atoms with E-state index in [0.717, 1.165) is 29.8 Å². The normalized spacial score (nSPS) is 21.8. The quantitative estimate of drug-likeness (QED) is 0.834. The lowest BCUT2D eigenvalue weighted by Gasteiger charge is -2.22. The summed E-state index contributed by atoms with van der Waals surface area (Å²) in [4.78, 5) is 12.3. The fraction of sp³-hybridized carbons (Fsp3) is 0.533. The van der Waals surface area contributed by atoms with Crippen LogP contribution in [-0.2, 0) is 14.9 Å². The van der Waals surface area contributed by atoms with E-state index in [0.29, 0.717) is 18.5 Å². The van der Waals surface area contributed by atoms with Crippen LogP contribution in [0.4, 0.5) is 5.69 Å². The number of anilines is 1. The molecule has 1 amide bonds. The minimum Gasteiger partial charge on any atom is -0.494 e. The predicted octanol–water partition coefficient (Wildman–Crippen LogP) is 3.49. The lowest BCUT2D eigenvalue weighted by molar-refractivity contribution is -0.133. The van der Waals surface area contributed by atoms with Crippen molar-refractivity contribution >= 4 is 27.5 Å². The number of amides is 1. The number of nitrogens with one attached hydrogen (secondary N) is 1. The molecular formula is C15H20BrNO3. The maximum atomic E-state index is 12.3. The first-order valence-corrected chi connectivity index (χ1v) is 7.98. The van der Waals surface area contributed by atoms with Gasteiger partial charge in [-0.25, -0.2) is 0 Å². The average Bonchev–Trinajstić information content (AvgIpc) is 2.89. The molecule has 1 aliphatic rings. The summed E-state index contributed by atoms with van der Waals surface area (Å²) in [5, 5.41) is 3.61. The molecule has 0 aliphatic carbocycles. The molecule has 0 radical (unpaired) electrons. The maximum absolute atomic E-state index is 12.3. The summed E-state index contributed by atoms with van der Waals surface area (Å²) < 4.78 is 11.1. The van der Waals surface area contributed by atoms with Gasteiger partial charge in [-0.15, -0.1) is 0 Å². The van der Waals surface area contributed by atoms with Crippen molar-refractivity contribution in [2.45, 2.75) is 37.6 Å². The van der Waals surface area contributed by atoms with Crippen molar-refractivity contribution in [2.24, 2.45) is 0 Å². The van der Waals surface area contributed by atoms with E-state index < -0.39 is 5.60 Å². The molecule has 1 unspecified atom stereocenters. The third kappa shape index (κ3) is 3.33. The van der Waals surface area contributed by atoms with Crippen molar-refractivity contribution in [1.29, 1.82) is 0 Å². The van der Waals surface area contributed by atoms with Crippen LogP contribution in [0.5, 0.6) is 5.75 Å². The largest absolute Gasteiger partial charge is 0.494 e. The number of ether oxygens (including phenoxy) is 2. The highest BCUT2D eigenvalue weighted by molar-refractivity contribution is 9.08. The highest BCUT2D eigenvalue weighted by Gasteiger charge is 2.37. The lowest BCUT2D eigenvalue weighted by Crippen LogP contribution is -2.39. The molecule has 1 aromatic carbocycles. The number of alkyl halides is 1. The number of carbonyl (C=O) groups is 1. The number of halogens is 1. The van der Waals surface area contributed by atoms with Crippen LogP contribution in [0.3, 0.4) is 0 Å². The zero-order valence-electron chi connectivity index (χ0n) is 11.9. The number of hydrogen-bond donors (Lipinski definition) is 1. The van der Waals surface area contributed by atoms with Gasteiger partial charge in [-0.3, -0.25) is 4.79 Å². The molecule has 1 aliphatic heterocycles. The Morgan fingerprint density at radius 2 is 2.35 bits per heavy atom. The van der Waals surface area contributed by atoms with Crippen molar-refractivity contribution < 1.29 is 14.3 Å². The molecule has 5 heteroatoms. The van der Waals surface area contributed by atoms with E-state index in [2.05, 4.69) is 21.2 Å². The number of benzene rings is 1. The summed E-state index contributed by atoms with van der Waals surface area (Å²) in [6, 6.07) is 5.66. The molecule has 4 nitrogen and oxygen atoms in total. The van der Waals surface area contributed by atoms with Gasteiger partial charge in [0.05, 0.1) is 6.61 Å². The fourth-order valence-electron chi connectivity index (χ4n) is 2.28. The molecule has 1 saturated heterocycles. The lowest BCUT2D eigenvalue weighted by atomic mass is 10.0. The van der Waals surface area contributed by atoms with E-state index in [1.807, 2.05) is 32.0 Å². The molecular weight excluding hydrogens is 322 g/mol. The highest BCUT2D eigenvalue weighted by Crippen LogP contribution is 2.29. The van der Waals surface area contributed by atoms with E-state index in [9.17, 15) is 4.79 Å². The monoisotopic (exact) mass is 341 g/mol. The van der Waals surface area contributed by atoms with E-state index in [1.165, 1.54) is 0 Å². The zero-order chi connectivity index (χ0) is 14.6. The van der Waals surface area contributed by atoms with Crippen molar-refractivity contribution in [1.82, 2.24) is 0 Å². The van der Waals surface area contributed by atoms with Gasteiger partial charge in [-0.05, 0) is 44.9 Å². The van der Waals surface area contributed by atoms with E-state index in [-0.39, 0.29) is 5.91 Å².